The Morgan fingerprint density at radius 1 is 1.16 bits per heavy atom. The molecule has 3 rings (SSSR count). The zero-order chi connectivity index (χ0) is 13.2. The summed E-state index contributed by atoms with van der Waals surface area (Å²) in [6, 6.07) is 8.27. The summed E-state index contributed by atoms with van der Waals surface area (Å²) in [5.74, 6) is 6.58. The third-order valence-corrected chi connectivity index (χ3v) is 4.29. The Morgan fingerprint density at radius 3 is 2.84 bits per heavy atom. The second-order valence-electron chi connectivity index (χ2n) is 3.83. The summed E-state index contributed by atoms with van der Waals surface area (Å²) in [7, 11) is 0. The van der Waals surface area contributed by atoms with E-state index in [1.54, 1.807) is 11.3 Å². The topological polar surface area (TPSA) is 75.9 Å². The number of hydrogen-bond acceptors (Lipinski definition) is 6. The minimum atomic E-state index is 0.536. The van der Waals surface area contributed by atoms with E-state index in [0.29, 0.717) is 16.1 Å². The number of benzene rings is 1. The number of aromatic nitrogens is 2. The van der Waals surface area contributed by atoms with Crippen LogP contribution >= 0.6 is 27.3 Å². The number of hydrazine groups is 1. The molecule has 0 atom stereocenters. The van der Waals surface area contributed by atoms with Crippen molar-refractivity contribution in [3.05, 3.63) is 40.4 Å². The standard InChI is InChI=1S/C12H10BrN5S/c13-10-11(15-6-16-12(10)18-14)17-8-1-2-9-7(5-8)3-4-19-9/h1-6H,14H2,(H2,15,16,17,18). The van der Waals surface area contributed by atoms with E-state index >= 15 is 0 Å². The molecule has 0 aliphatic carbocycles. The van der Waals surface area contributed by atoms with Gasteiger partial charge >= 0.3 is 0 Å². The molecule has 0 amide bonds. The molecule has 96 valence electrons. The van der Waals surface area contributed by atoms with Crippen LogP contribution in [-0.4, -0.2) is 9.97 Å². The van der Waals surface area contributed by atoms with Crippen molar-refractivity contribution in [2.45, 2.75) is 0 Å². The molecule has 0 radical (unpaired) electrons. The number of hydrogen-bond donors (Lipinski definition) is 3. The van der Waals surface area contributed by atoms with Gasteiger partial charge in [-0.3, -0.25) is 0 Å². The lowest BCUT2D eigenvalue weighted by Crippen LogP contribution is -2.10. The maximum absolute atomic E-state index is 5.38. The summed E-state index contributed by atoms with van der Waals surface area (Å²) in [5, 5.41) is 6.52. The first-order valence-electron chi connectivity index (χ1n) is 5.49. The monoisotopic (exact) mass is 335 g/mol. The SMILES string of the molecule is NNc1ncnc(Nc2ccc3sccc3c2)c1Br. The van der Waals surface area contributed by atoms with Gasteiger partial charge in [-0.25, -0.2) is 15.8 Å². The summed E-state index contributed by atoms with van der Waals surface area (Å²) in [5.41, 5.74) is 3.48. The molecule has 3 aromatic rings. The van der Waals surface area contributed by atoms with E-state index in [-0.39, 0.29) is 0 Å². The van der Waals surface area contributed by atoms with Crippen LogP contribution in [0.2, 0.25) is 0 Å². The summed E-state index contributed by atoms with van der Waals surface area (Å²) in [6.45, 7) is 0. The lowest BCUT2D eigenvalue weighted by molar-refractivity contribution is 1.12. The molecule has 1 aromatic carbocycles. The zero-order valence-corrected chi connectivity index (χ0v) is 12.1. The van der Waals surface area contributed by atoms with Crippen molar-refractivity contribution in [1.29, 1.82) is 0 Å². The van der Waals surface area contributed by atoms with Crippen LogP contribution in [0.3, 0.4) is 0 Å². The van der Waals surface area contributed by atoms with Gasteiger partial charge < -0.3 is 10.7 Å². The molecule has 0 spiro atoms. The molecule has 2 heterocycles. The van der Waals surface area contributed by atoms with Crippen molar-refractivity contribution < 1.29 is 0 Å². The van der Waals surface area contributed by atoms with Crippen LogP contribution in [0.5, 0.6) is 0 Å². The molecule has 19 heavy (non-hydrogen) atoms. The van der Waals surface area contributed by atoms with Crippen molar-refractivity contribution in [2.24, 2.45) is 5.84 Å². The number of halogens is 1. The Morgan fingerprint density at radius 2 is 2.00 bits per heavy atom. The summed E-state index contributed by atoms with van der Waals surface area (Å²) >= 11 is 5.14. The van der Waals surface area contributed by atoms with Crippen LogP contribution in [0, 0.1) is 0 Å². The molecule has 2 aromatic heterocycles. The smallest absolute Gasteiger partial charge is 0.159 e. The second kappa shape index (κ2) is 5.12. The van der Waals surface area contributed by atoms with E-state index < -0.39 is 0 Å². The number of nitrogens with two attached hydrogens (primary N) is 1. The number of nitrogens with one attached hydrogen (secondary N) is 2. The van der Waals surface area contributed by atoms with Crippen molar-refractivity contribution in [2.75, 3.05) is 10.7 Å². The molecule has 0 saturated heterocycles. The Labute approximate surface area is 122 Å². The summed E-state index contributed by atoms with van der Waals surface area (Å²) < 4.78 is 1.96. The van der Waals surface area contributed by atoms with Crippen LogP contribution in [0.15, 0.2) is 40.4 Å². The van der Waals surface area contributed by atoms with Gasteiger partial charge in [0.15, 0.2) is 5.82 Å². The van der Waals surface area contributed by atoms with Crippen molar-refractivity contribution in [3.8, 4) is 0 Å². The highest BCUT2D eigenvalue weighted by atomic mass is 79.9. The fraction of sp³-hybridized carbons (Fsp3) is 0. The molecule has 0 saturated carbocycles. The highest BCUT2D eigenvalue weighted by Gasteiger charge is 2.08. The van der Waals surface area contributed by atoms with Gasteiger partial charge in [-0.1, -0.05) is 0 Å². The third-order valence-electron chi connectivity index (χ3n) is 2.64. The lowest BCUT2D eigenvalue weighted by atomic mass is 10.2. The molecule has 0 aliphatic rings. The van der Waals surface area contributed by atoms with E-state index in [9.17, 15) is 0 Å². The van der Waals surface area contributed by atoms with Gasteiger partial charge in [0.05, 0.1) is 0 Å². The number of nitrogen functional groups attached to an aromatic ring is 1. The minimum absolute atomic E-state index is 0.536. The van der Waals surface area contributed by atoms with E-state index in [2.05, 4.69) is 60.2 Å². The fourth-order valence-electron chi connectivity index (χ4n) is 1.74. The summed E-state index contributed by atoms with van der Waals surface area (Å²) in [6.07, 6.45) is 1.45. The molecule has 0 bridgehead atoms. The number of rotatable bonds is 3. The number of fused-ring (bicyclic) bond motifs is 1. The first-order chi connectivity index (χ1) is 9.28. The molecule has 0 aliphatic heterocycles. The van der Waals surface area contributed by atoms with Crippen molar-refractivity contribution in [3.63, 3.8) is 0 Å². The predicted octanol–water partition coefficient (Wildman–Crippen LogP) is 3.48. The summed E-state index contributed by atoms with van der Waals surface area (Å²) in [4.78, 5) is 8.20. The van der Waals surface area contributed by atoms with Crippen LogP contribution in [0.1, 0.15) is 0 Å². The fourth-order valence-corrected chi connectivity index (χ4v) is 2.93. The van der Waals surface area contributed by atoms with E-state index in [1.807, 2.05) is 6.07 Å². The Bertz CT molecular complexity index is 727. The zero-order valence-electron chi connectivity index (χ0n) is 9.72. The normalized spacial score (nSPS) is 10.6. The van der Waals surface area contributed by atoms with Gasteiger partial charge in [0, 0.05) is 10.4 Å². The molecular formula is C12H10BrN5S. The third kappa shape index (κ3) is 2.40. The number of thiophene rings is 1. The minimum Gasteiger partial charge on any atom is -0.339 e. The molecule has 5 nitrogen and oxygen atoms in total. The Balaban J connectivity index is 1.96. The first-order valence-corrected chi connectivity index (χ1v) is 7.16. The molecule has 0 fully saturated rings. The van der Waals surface area contributed by atoms with Crippen LogP contribution in [0.4, 0.5) is 17.3 Å². The highest BCUT2D eigenvalue weighted by molar-refractivity contribution is 9.10. The molecular weight excluding hydrogens is 326 g/mol. The van der Waals surface area contributed by atoms with Crippen molar-refractivity contribution >= 4 is 54.7 Å². The highest BCUT2D eigenvalue weighted by Crippen LogP contribution is 2.30. The van der Waals surface area contributed by atoms with Crippen LogP contribution < -0.4 is 16.6 Å². The average molecular weight is 336 g/mol. The second-order valence-corrected chi connectivity index (χ2v) is 5.57. The van der Waals surface area contributed by atoms with E-state index in [4.69, 9.17) is 5.84 Å². The number of anilines is 3. The van der Waals surface area contributed by atoms with Gasteiger partial charge in [0.25, 0.3) is 0 Å². The lowest BCUT2D eigenvalue weighted by Gasteiger charge is -2.09. The van der Waals surface area contributed by atoms with Gasteiger partial charge in [-0.2, -0.15) is 0 Å². The van der Waals surface area contributed by atoms with Crippen molar-refractivity contribution in [1.82, 2.24) is 9.97 Å². The molecule has 7 heteroatoms. The Kier molecular flexibility index (Phi) is 3.33. The van der Waals surface area contributed by atoms with Gasteiger partial charge in [-0.05, 0) is 51.0 Å². The van der Waals surface area contributed by atoms with Gasteiger partial charge in [0.2, 0.25) is 0 Å². The molecule has 4 N–H and O–H groups in total. The van der Waals surface area contributed by atoms with Gasteiger partial charge in [0.1, 0.15) is 16.6 Å². The molecule has 0 unspecified atom stereocenters. The quantitative estimate of drug-likeness (QED) is 0.504. The van der Waals surface area contributed by atoms with E-state index in [0.717, 1.165) is 5.69 Å². The Hall–Kier alpha value is -1.70. The predicted molar refractivity (Wildman–Crippen MR) is 82.6 cm³/mol. The van der Waals surface area contributed by atoms with E-state index in [1.165, 1.54) is 16.4 Å². The van der Waals surface area contributed by atoms with Crippen LogP contribution in [-0.2, 0) is 0 Å². The van der Waals surface area contributed by atoms with Gasteiger partial charge in [-0.15, -0.1) is 11.3 Å². The largest absolute Gasteiger partial charge is 0.339 e. The maximum Gasteiger partial charge on any atom is 0.159 e. The first kappa shape index (κ1) is 12.3. The maximum atomic E-state index is 5.38. The number of nitrogens with zero attached hydrogens (tertiary/aromatic N) is 2. The average Bonchev–Trinajstić information content (AvgIpc) is 2.88. The van der Waals surface area contributed by atoms with Crippen LogP contribution in [0.25, 0.3) is 10.1 Å².